The molecule has 56 valence electrons. The minimum absolute atomic E-state index is 0.305. The smallest absolute Gasteiger partial charge is 0.355 e. The Bertz CT molecular complexity index is 75.4. The minimum atomic E-state index is -3.07. The molecule has 0 aromatic carbocycles. The fourth-order valence-electron chi connectivity index (χ4n) is 0.297. The van der Waals surface area contributed by atoms with Crippen molar-refractivity contribution in [3.05, 3.63) is 0 Å². The molecule has 0 saturated heterocycles. The second kappa shape index (κ2) is 3.74. The Morgan fingerprint density at radius 2 is 2.11 bits per heavy atom. The molecule has 0 aromatic rings. The van der Waals surface area contributed by atoms with E-state index in [0.717, 1.165) is 0 Å². The largest absolute Gasteiger partial charge is 0.394 e. The summed E-state index contributed by atoms with van der Waals surface area (Å²) in [6.07, 6.45) is -3.42. The Morgan fingerprint density at radius 1 is 1.56 bits per heavy atom. The molecular formula is C5H10F2O2. The van der Waals surface area contributed by atoms with Gasteiger partial charge in [0.25, 0.3) is 0 Å². The summed E-state index contributed by atoms with van der Waals surface area (Å²) in [6.45, 7) is 0.647. The summed E-state index contributed by atoms with van der Waals surface area (Å²) in [6, 6.07) is 0. The van der Waals surface area contributed by atoms with Crippen LogP contribution in [0.15, 0.2) is 0 Å². The van der Waals surface area contributed by atoms with Crippen molar-refractivity contribution in [2.45, 2.75) is 19.5 Å². The van der Waals surface area contributed by atoms with Gasteiger partial charge in [-0.2, -0.15) is 8.78 Å². The van der Waals surface area contributed by atoms with E-state index in [2.05, 4.69) is 4.74 Å². The summed E-state index contributed by atoms with van der Waals surface area (Å²) in [7, 11) is 0. The van der Waals surface area contributed by atoms with Crippen LogP contribution in [-0.4, -0.2) is 24.4 Å². The predicted octanol–water partition coefficient (Wildman–Crippen LogP) is 0.998. The van der Waals surface area contributed by atoms with Crippen molar-refractivity contribution in [3.8, 4) is 0 Å². The molecule has 0 aliphatic carbocycles. The average molecular weight is 140 g/mol. The van der Waals surface area contributed by atoms with Gasteiger partial charge in [-0.05, 0) is 0 Å². The lowest BCUT2D eigenvalue weighted by atomic mass is 10.5. The van der Waals surface area contributed by atoms with Gasteiger partial charge in [0.1, 0.15) is 0 Å². The third-order valence-corrected chi connectivity index (χ3v) is 0.816. The Labute approximate surface area is 52.4 Å². The maximum Gasteiger partial charge on any atom is 0.355 e. The van der Waals surface area contributed by atoms with Gasteiger partial charge in [-0.1, -0.05) is 6.92 Å². The summed E-state index contributed by atoms with van der Waals surface area (Å²) < 4.78 is 28.0. The van der Waals surface area contributed by atoms with Crippen molar-refractivity contribution >= 4 is 0 Å². The number of alkyl halides is 2. The molecule has 9 heavy (non-hydrogen) atoms. The lowest BCUT2D eigenvalue weighted by molar-refractivity contribution is -0.242. The summed E-state index contributed by atoms with van der Waals surface area (Å²) in [5, 5.41) is 8.07. The van der Waals surface area contributed by atoms with Gasteiger partial charge in [0.2, 0.25) is 0 Å². The summed E-state index contributed by atoms with van der Waals surface area (Å²) in [4.78, 5) is 0. The molecule has 0 aliphatic heterocycles. The van der Waals surface area contributed by atoms with Crippen LogP contribution in [0.3, 0.4) is 0 Å². The zero-order valence-corrected chi connectivity index (χ0v) is 5.23. The van der Waals surface area contributed by atoms with Gasteiger partial charge < -0.3 is 9.84 Å². The van der Waals surface area contributed by atoms with Gasteiger partial charge in [-0.25, -0.2) is 0 Å². The SMILES string of the molecule is CCC(F)(F)OCCO. The van der Waals surface area contributed by atoms with Crippen molar-refractivity contribution in [1.29, 1.82) is 0 Å². The third-order valence-electron chi connectivity index (χ3n) is 0.816. The van der Waals surface area contributed by atoms with Crippen LogP contribution in [0.2, 0.25) is 0 Å². The first-order valence-electron chi connectivity index (χ1n) is 2.75. The Kier molecular flexibility index (Phi) is 3.65. The van der Waals surface area contributed by atoms with Gasteiger partial charge in [0.05, 0.1) is 13.2 Å². The molecule has 0 spiro atoms. The second-order valence-electron chi connectivity index (χ2n) is 1.56. The van der Waals surface area contributed by atoms with E-state index in [-0.39, 0.29) is 19.6 Å². The van der Waals surface area contributed by atoms with Gasteiger partial charge in [0.15, 0.2) is 0 Å². The molecule has 0 unspecified atom stereocenters. The first-order chi connectivity index (χ1) is 4.12. The van der Waals surface area contributed by atoms with Crippen LogP contribution < -0.4 is 0 Å². The van der Waals surface area contributed by atoms with E-state index in [9.17, 15) is 8.78 Å². The topological polar surface area (TPSA) is 29.5 Å². The van der Waals surface area contributed by atoms with Crippen LogP contribution in [0.4, 0.5) is 8.78 Å². The zero-order chi connectivity index (χ0) is 7.33. The molecule has 0 atom stereocenters. The van der Waals surface area contributed by atoms with Crippen molar-refractivity contribution in [2.24, 2.45) is 0 Å². The first-order valence-corrected chi connectivity index (χ1v) is 2.75. The van der Waals surface area contributed by atoms with Crippen molar-refractivity contribution in [1.82, 2.24) is 0 Å². The molecule has 0 aliphatic rings. The van der Waals surface area contributed by atoms with Crippen LogP contribution in [0.25, 0.3) is 0 Å². The van der Waals surface area contributed by atoms with Gasteiger partial charge in [-0.15, -0.1) is 0 Å². The second-order valence-corrected chi connectivity index (χ2v) is 1.56. The lowest BCUT2D eigenvalue weighted by Gasteiger charge is -2.12. The highest BCUT2D eigenvalue weighted by molar-refractivity contribution is 4.45. The molecular weight excluding hydrogens is 130 g/mol. The van der Waals surface area contributed by atoms with Crippen molar-refractivity contribution in [3.63, 3.8) is 0 Å². The molecule has 0 aromatic heterocycles. The standard InChI is InChI=1S/C5H10F2O2/c1-2-5(6,7)9-4-3-8/h8H,2-4H2,1H3. The molecule has 4 heteroatoms. The van der Waals surface area contributed by atoms with Crippen molar-refractivity contribution in [2.75, 3.05) is 13.2 Å². The van der Waals surface area contributed by atoms with E-state index in [1.807, 2.05) is 0 Å². The molecule has 0 amide bonds. The fraction of sp³-hybridized carbons (Fsp3) is 1.00. The van der Waals surface area contributed by atoms with E-state index in [4.69, 9.17) is 5.11 Å². The minimum Gasteiger partial charge on any atom is -0.394 e. The fourth-order valence-corrected chi connectivity index (χ4v) is 0.297. The molecule has 0 heterocycles. The summed E-state index contributed by atoms with van der Waals surface area (Å²) in [5.41, 5.74) is 0. The number of aliphatic hydroxyl groups is 1. The molecule has 0 fully saturated rings. The Morgan fingerprint density at radius 3 is 2.44 bits per heavy atom. The summed E-state index contributed by atoms with van der Waals surface area (Å²) in [5.74, 6) is 0. The molecule has 2 nitrogen and oxygen atoms in total. The number of rotatable bonds is 4. The number of ether oxygens (including phenoxy) is 1. The van der Waals surface area contributed by atoms with Crippen LogP contribution in [-0.2, 0) is 4.74 Å². The number of aliphatic hydroxyl groups excluding tert-OH is 1. The van der Waals surface area contributed by atoms with Crippen LogP contribution in [0.1, 0.15) is 13.3 Å². The first kappa shape index (κ1) is 8.78. The Balaban J connectivity index is 3.33. The number of hydrogen-bond acceptors (Lipinski definition) is 2. The third kappa shape index (κ3) is 4.29. The Hall–Kier alpha value is -0.220. The zero-order valence-electron chi connectivity index (χ0n) is 5.23. The maximum atomic E-state index is 12.0. The van der Waals surface area contributed by atoms with E-state index >= 15 is 0 Å². The number of halogens is 2. The molecule has 0 rings (SSSR count). The molecule has 0 saturated carbocycles. The lowest BCUT2D eigenvalue weighted by Crippen LogP contribution is -2.21. The van der Waals surface area contributed by atoms with E-state index < -0.39 is 6.11 Å². The van der Waals surface area contributed by atoms with E-state index in [1.54, 1.807) is 0 Å². The van der Waals surface area contributed by atoms with Crippen LogP contribution >= 0.6 is 0 Å². The van der Waals surface area contributed by atoms with Crippen molar-refractivity contribution < 1.29 is 18.6 Å². The van der Waals surface area contributed by atoms with Gasteiger partial charge >= 0.3 is 6.11 Å². The number of hydrogen-bond donors (Lipinski definition) is 1. The highest BCUT2D eigenvalue weighted by Gasteiger charge is 2.26. The average Bonchev–Trinajstić information content (AvgIpc) is 1.84. The monoisotopic (exact) mass is 140 g/mol. The van der Waals surface area contributed by atoms with Gasteiger partial charge in [-0.3, -0.25) is 0 Å². The quantitative estimate of drug-likeness (QED) is 0.631. The van der Waals surface area contributed by atoms with E-state index in [0.29, 0.717) is 0 Å². The molecule has 0 radical (unpaired) electrons. The van der Waals surface area contributed by atoms with Crippen LogP contribution in [0, 0.1) is 0 Å². The molecule has 1 N–H and O–H groups in total. The molecule has 0 bridgehead atoms. The normalized spacial score (nSPS) is 12.0. The van der Waals surface area contributed by atoms with Gasteiger partial charge in [0, 0.05) is 6.42 Å². The highest BCUT2D eigenvalue weighted by atomic mass is 19.3. The predicted molar refractivity (Wildman–Crippen MR) is 28.3 cm³/mol. The van der Waals surface area contributed by atoms with E-state index in [1.165, 1.54) is 6.92 Å². The van der Waals surface area contributed by atoms with Crippen LogP contribution in [0.5, 0.6) is 0 Å². The maximum absolute atomic E-state index is 12.0. The highest BCUT2D eigenvalue weighted by Crippen LogP contribution is 2.18. The summed E-state index contributed by atoms with van der Waals surface area (Å²) >= 11 is 0.